The lowest BCUT2D eigenvalue weighted by atomic mass is 9.73. The Kier molecular flexibility index (Phi) is 6.61. The summed E-state index contributed by atoms with van der Waals surface area (Å²) in [4.78, 5) is 40.1. The molecule has 3 aromatic carbocycles. The van der Waals surface area contributed by atoms with Crippen molar-refractivity contribution in [3.8, 4) is 11.5 Å². The zero-order chi connectivity index (χ0) is 28.7. The molecule has 0 radical (unpaired) electrons. The van der Waals surface area contributed by atoms with Crippen LogP contribution >= 0.6 is 0 Å². The van der Waals surface area contributed by atoms with Crippen molar-refractivity contribution in [2.24, 2.45) is 5.41 Å². The molecule has 0 bridgehead atoms. The van der Waals surface area contributed by atoms with E-state index in [2.05, 4.69) is 24.5 Å². The molecular weight excluding hydrogens is 524 g/mol. The standard InChI is InChI=1S/C31H30N4O6/c1-31(2)14-23-29(25(36)15-31)30(20-8-10-21(11-9-20)35(38)39)34(24-6-4-3-5-22(24)33-23)17-28(37)32-16-19-7-12-26-27(13-19)41-18-40-26/h3-13,30,33H,14-18H2,1-2H3,(H,32,37). The lowest BCUT2D eigenvalue weighted by molar-refractivity contribution is -0.384. The number of nitro benzene ring substituents is 1. The maximum atomic E-state index is 13.8. The van der Waals surface area contributed by atoms with Gasteiger partial charge in [0.05, 0.1) is 28.9 Å². The molecule has 0 aromatic heterocycles. The van der Waals surface area contributed by atoms with E-state index in [1.165, 1.54) is 12.1 Å². The normalized spacial score (nSPS) is 18.6. The number of non-ortho nitro benzene ring substituents is 1. The first-order valence-corrected chi connectivity index (χ1v) is 13.5. The van der Waals surface area contributed by atoms with Crippen LogP contribution in [0.25, 0.3) is 0 Å². The SMILES string of the molecule is CC1(C)CC(=O)C2=C(C1)Nc1ccccc1N(CC(=O)NCc1ccc3c(c1)OCO3)C2c1ccc([N+](=O)[O-])cc1. The second-order valence-electron chi connectivity index (χ2n) is 11.3. The van der Waals surface area contributed by atoms with Crippen LogP contribution < -0.4 is 25.0 Å². The molecule has 6 rings (SSSR count). The summed E-state index contributed by atoms with van der Waals surface area (Å²) in [7, 11) is 0. The Morgan fingerprint density at radius 2 is 1.83 bits per heavy atom. The largest absolute Gasteiger partial charge is 0.454 e. The van der Waals surface area contributed by atoms with Crippen LogP contribution in [0.15, 0.2) is 78.0 Å². The third-order valence-corrected chi connectivity index (χ3v) is 7.66. The Balaban J connectivity index is 1.37. The number of rotatable bonds is 6. The molecular formula is C31H30N4O6. The van der Waals surface area contributed by atoms with E-state index in [9.17, 15) is 19.7 Å². The molecule has 2 heterocycles. The molecule has 0 spiro atoms. The number of anilines is 2. The number of benzene rings is 3. The molecule has 0 saturated carbocycles. The quantitative estimate of drug-likeness (QED) is 0.313. The number of ether oxygens (including phenoxy) is 2. The predicted molar refractivity (Wildman–Crippen MR) is 153 cm³/mol. The van der Waals surface area contributed by atoms with Crippen LogP contribution in [0.4, 0.5) is 17.1 Å². The smallest absolute Gasteiger partial charge is 0.269 e. The fraction of sp³-hybridized carbons (Fsp3) is 0.290. The van der Waals surface area contributed by atoms with Gasteiger partial charge in [0.2, 0.25) is 12.7 Å². The van der Waals surface area contributed by atoms with E-state index < -0.39 is 11.0 Å². The third-order valence-electron chi connectivity index (χ3n) is 7.66. The number of amides is 1. The minimum atomic E-state index is -0.623. The summed E-state index contributed by atoms with van der Waals surface area (Å²) in [5.41, 5.74) is 4.21. The van der Waals surface area contributed by atoms with Crippen molar-refractivity contribution in [1.29, 1.82) is 0 Å². The van der Waals surface area contributed by atoms with Gasteiger partial charge in [0.15, 0.2) is 17.3 Å². The topological polar surface area (TPSA) is 123 Å². The molecule has 41 heavy (non-hydrogen) atoms. The second-order valence-corrected chi connectivity index (χ2v) is 11.3. The highest BCUT2D eigenvalue weighted by molar-refractivity contribution is 6.01. The average molecular weight is 555 g/mol. The number of hydrogen-bond donors (Lipinski definition) is 2. The Morgan fingerprint density at radius 3 is 2.61 bits per heavy atom. The number of allylic oxidation sites excluding steroid dienone is 1. The molecule has 0 fully saturated rings. The number of ketones is 1. The minimum Gasteiger partial charge on any atom is -0.454 e. The maximum absolute atomic E-state index is 13.8. The molecule has 1 aliphatic carbocycles. The Hall–Kier alpha value is -4.86. The van der Waals surface area contributed by atoms with Crippen LogP contribution in [0, 0.1) is 15.5 Å². The molecule has 1 atom stereocenters. The van der Waals surface area contributed by atoms with Crippen LogP contribution in [0.5, 0.6) is 11.5 Å². The number of nitro groups is 1. The van der Waals surface area contributed by atoms with Crippen molar-refractivity contribution in [3.05, 3.63) is 99.2 Å². The molecule has 3 aromatic rings. The number of nitrogens with zero attached hydrogens (tertiary/aromatic N) is 2. The lowest BCUT2D eigenvalue weighted by Gasteiger charge is -2.37. The highest BCUT2D eigenvalue weighted by Crippen LogP contribution is 2.48. The Morgan fingerprint density at radius 1 is 1.07 bits per heavy atom. The molecule has 0 saturated heterocycles. The van der Waals surface area contributed by atoms with Crippen LogP contribution in [0.2, 0.25) is 0 Å². The third kappa shape index (κ3) is 5.20. The van der Waals surface area contributed by atoms with Gasteiger partial charge in [-0.25, -0.2) is 0 Å². The van der Waals surface area contributed by atoms with E-state index in [4.69, 9.17) is 9.47 Å². The van der Waals surface area contributed by atoms with E-state index >= 15 is 0 Å². The summed E-state index contributed by atoms with van der Waals surface area (Å²) in [6, 6.07) is 18.8. The van der Waals surface area contributed by atoms with Gasteiger partial charge in [-0.1, -0.05) is 32.0 Å². The highest BCUT2D eigenvalue weighted by atomic mass is 16.7. The van der Waals surface area contributed by atoms with Gasteiger partial charge in [-0.15, -0.1) is 0 Å². The van der Waals surface area contributed by atoms with Gasteiger partial charge in [0.1, 0.15) is 0 Å². The number of fused-ring (bicyclic) bond motifs is 2. The number of Topliss-reactive ketones (excluding diaryl/α,β-unsaturated/α-hetero) is 1. The molecule has 2 N–H and O–H groups in total. The summed E-state index contributed by atoms with van der Waals surface area (Å²) >= 11 is 0. The van der Waals surface area contributed by atoms with Gasteiger partial charge in [0.25, 0.3) is 5.69 Å². The Labute approximate surface area is 237 Å². The van der Waals surface area contributed by atoms with Gasteiger partial charge in [-0.2, -0.15) is 0 Å². The number of para-hydroxylation sites is 2. The van der Waals surface area contributed by atoms with Gasteiger partial charge in [-0.3, -0.25) is 19.7 Å². The fourth-order valence-corrected chi connectivity index (χ4v) is 5.81. The average Bonchev–Trinajstić information content (AvgIpc) is 3.36. The number of nitrogens with one attached hydrogen (secondary N) is 2. The van der Waals surface area contributed by atoms with Crippen molar-refractivity contribution in [2.45, 2.75) is 39.3 Å². The van der Waals surface area contributed by atoms with Gasteiger partial charge < -0.3 is 25.0 Å². The molecule has 10 heteroatoms. The van der Waals surface area contributed by atoms with Crippen molar-refractivity contribution in [2.75, 3.05) is 23.6 Å². The fourth-order valence-electron chi connectivity index (χ4n) is 5.81. The minimum absolute atomic E-state index is 0.00863. The molecule has 1 amide bonds. The zero-order valence-corrected chi connectivity index (χ0v) is 22.8. The molecule has 210 valence electrons. The van der Waals surface area contributed by atoms with E-state index in [0.717, 1.165) is 22.6 Å². The second kappa shape index (κ2) is 10.3. The van der Waals surface area contributed by atoms with Crippen molar-refractivity contribution >= 4 is 28.8 Å². The lowest BCUT2D eigenvalue weighted by Crippen LogP contribution is -2.41. The van der Waals surface area contributed by atoms with Crippen LogP contribution in [-0.4, -0.2) is 30.0 Å². The van der Waals surface area contributed by atoms with Crippen LogP contribution in [-0.2, 0) is 16.1 Å². The van der Waals surface area contributed by atoms with Crippen LogP contribution in [0.3, 0.4) is 0 Å². The van der Waals surface area contributed by atoms with Crippen LogP contribution in [0.1, 0.15) is 43.9 Å². The van der Waals surface area contributed by atoms with Gasteiger partial charge >= 0.3 is 0 Å². The molecule has 10 nitrogen and oxygen atoms in total. The summed E-state index contributed by atoms with van der Waals surface area (Å²) in [6.07, 6.45) is 1.01. The monoisotopic (exact) mass is 554 g/mol. The number of carbonyl (C=O) groups is 2. The van der Waals surface area contributed by atoms with E-state index in [1.807, 2.05) is 47.4 Å². The number of carbonyl (C=O) groups excluding carboxylic acids is 2. The number of hydrogen-bond acceptors (Lipinski definition) is 8. The first-order chi connectivity index (χ1) is 19.7. The zero-order valence-electron chi connectivity index (χ0n) is 22.8. The van der Waals surface area contributed by atoms with E-state index in [-0.39, 0.29) is 42.7 Å². The van der Waals surface area contributed by atoms with E-state index in [1.54, 1.807) is 12.1 Å². The van der Waals surface area contributed by atoms with Gasteiger partial charge in [-0.05, 0) is 59.4 Å². The molecule has 3 aliphatic rings. The maximum Gasteiger partial charge on any atom is 0.269 e. The van der Waals surface area contributed by atoms with Crippen molar-refractivity contribution in [1.82, 2.24) is 5.32 Å². The van der Waals surface area contributed by atoms with Crippen molar-refractivity contribution < 1.29 is 24.0 Å². The van der Waals surface area contributed by atoms with Crippen molar-refractivity contribution in [3.63, 3.8) is 0 Å². The summed E-state index contributed by atoms with van der Waals surface area (Å²) in [5.74, 6) is 1.06. The summed E-state index contributed by atoms with van der Waals surface area (Å²) in [6.45, 7) is 4.54. The highest BCUT2D eigenvalue weighted by Gasteiger charge is 2.42. The van der Waals surface area contributed by atoms with E-state index in [0.29, 0.717) is 35.5 Å². The summed E-state index contributed by atoms with van der Waals surface area (Å²) < 4.78 is 10.8. The Bertz CT molecular complexity index is 1580. The molecule has 1 unspecified atom stereocenters. The first-order valence-electron chi connectivity index (χ1n) is 13.5. The summed E-state index contributed by atoms with van der Waals surface area (Å²) in [5, 5.41) is 17.9. The predicted octanol–water partition coefficient (Wildman–Crippen LogP) is 5.26. The van der Waals surface area contributed by atoms with Gasteiger partial charge in [0, 0.05) is 36.4 Å². The molecule has 2 aliphatic heterocycles. The first kappa shape index (κ1) is 26.4.